The second-order valence-electron chi connectivity index (χ2n) is 8.40. The molecular weight excluding hydrogens is 485 g/mol. The Labute approximate surface area is 210 Å². The Kier molecular flexibility index (Phi) is 7.45. The molecule has 11 heteroatoms. The highest BCUT2D eigenvalue weighted by Gasteiger charge is 2.14. The van der Waals surface area contributed by atoms with Crippen LogP contribution < -0.4 is 16.0 Å². The van der Waals surface area contributed by atoms with Crippen LogP contribution in [0.5, 0.6) is 0 Å². The summed E-state index contributed by atoms with van der Waals surface area (Å²) in [6.07, 6.45) is 6.46. The number of amides is 2. The number of thiazole rings is 1. The highest BCUT2D eigenvalue weighted by atomic mass is 32.1. The summed E-state index contributed by atoms with van der Waals surface area (Å²) in [6, 6.07) is 7.03. The van der Waals surface area contributed by atoms with Crippen molar-refractivity contribution >= 4 is 55.6 Å². The summed E-state index contributed by atoms with van der Waals surface area (Å²) in [4.78, 5) is 28.8. The van der Waals surface area contributed by atoms with E-state index in [9.17, 15) is 9.18 Å². The van der Waals surface area contributed by atoms with Crippen molar-refractivity contribution in [3.05, 3.63) is 58.2 Å². The van der Waals surface area contributed by atoms with E-state index < -0.39 is 12.7 Å². The predicted molar refractivity (Wildman–Crippen MR) is 140 cm³/mol. The molecule has 35 heavy (non-hydrogen) atoms. The topological polar surface area (TPSA) is 95.1 Å². The van der Waals surface area contributed by atoms with Gasteiger partial charge in [0.25, 0.3) is 0 Å². The van der Waals surface area contributed by atoms with E-state index in [0.717, 1.165) is 52.5 Å². The number of fused-ring (bicyclic) bond motifs is 1. The Morgan fingerprint density at radius 2 is 1.94 bits per heavy atom. The van der Waals surface area contributed by atoms with Crippen LogP contribution in [0, 0.1) is 0 Å². The molecule has 0 spiro atoms. The van der Waals surface area contributed by atoms with Gasteiger partial charge in [-0.3, -0.25) is 10.2 Å². The number of anilines is 3. The number of carbonyl (C=O) groups is 1. The van der Waals surface area contributed by atoms with Crippen LogP contribution in [-0.2, 0) is 19.6 Å². The average Bonchev–Trinajstić information content (AvgIpc) is 3.61. The molecular formula is C24H26FN7OS2. The predicted octanol–water partition coefficient (Wildman–Crippen LogP) is 5.51. The molecule has 4 heterocycles. The van der Waals surface area contributed by atoms with E-state index >= 15 is 0 Å². The van der Waals surface area contributed by atoms with Crippen molar-refractivity contribution in [1.29, 1.82) is 0 Å². The lowest BCUT2D eigenvalue weighted by Gasteiger charge is -2.16. The molecule has 0 atom stereocenters. The van der Waals surface area contributed by atoms with E-state index in [2.05, 4.69) is 35.8 Å². The van der Waals surface area contributed by atoms with Gasteiger partial charge in [0.15, 0.2) is 5.13 Å². The van der Waals surface area contributed by atoms with Gasteiger partial charge in [-0.1, -0.05) is 6.07 Å². The van der Waals surface area contributed by atoms with Gasteiger partial charge in [0.1, 0.15) is 18.8 Å². The zero-order valence-corrected chi connectivity index (χ0v) is 20.7. The molecule has 3 N–H and O–H groups in total. The molecule has 1 saturated heterocycles. The Hall–Kier alpha value is -3.15. The molecule has 0 saturated carbocycles. The number of hydrogen-bond donors (Lipinski definition) is 3. The lowest BCUT2D eigenvalue weighted by molar-refractivity contribution is 0.262. The number of likely N-dealkylation sites (tertiary alicyclic amines) is 1. The Morgan fingerprint density at radius 1 is 1.09 bits per heavy atom. The molecule has 2 amide bonds. The average molecular weight is 512 g/mol. The minimum Gasteiger partial charge on any atom is -0.368 e. The summed E-state index contributed by atoms with van der Waals surface area (Å²) in [5.41, 5.74) is 3.08. The molecule has 4 aromatic rings. The van der Waals surface area contributed by atoms with E-state index in [-0.39, 0.29) is 0 Å². The molecule has 182 valence electrons. The van der Waals surface area contributed by atoms with Crippen LogP contribution in [0.3, 0.4) is 0 Å². The van der Waals surface area contributed by atoms with Crippen molar-refractivity contribution in [3.63, 3.8) is 0 Å². The van der Waals surface area contributed by atoms with E-state index in [0.29, 0.717) is 22.9 Å². The number of thiophene rings is 1. The molecule has 1 fully saturated rings. The van der Waals surface area contributed by atoms with Gasteiger partial charge in [0.05, 0.1) is 10.2 Å². The first-order valence-electron chi connectivity index (χ1n) is 11.5. The zero-order valence-electron chi connectivity index (χ0n) is 19.1. The lowest BCUT2D eigenvalue weighted by atomic mass is 10.1. The van der Waals surface area contributed by atoms with Crippen molar-refractivity contribution in [2.45, 2.75) is 32.5 Å². The number of nitrogens with zero attached hydrogens (tertiary/aromatic N) is 4. The molecule has 0 aliphatic carbocycles. The van der Waals surface area contributed by atoms with Crippen LogP contribution in [0.2, 0.25) is 0 Å². The van der Waals surface area contributed by atoms with Crippen LogP contribution in [-0.4, -0.2) is 45.5 Å². The molecule has 0 radical (unpaired) electrons. The second-order valence-corrected chi connectivity index (χ2v) is 10.4. The third-order valence-corrected chi connectivity index (χ3v) is 7.63. The van der Waals surface area contributed by atoms with Gasteiger partial charge in [-0.15, -0.1) is 22.7 Å². The van der Waals surface area contributed by atoms with Gasteiger partial charge in [-0.25, -0.2) is 24.1 Å². The molecule has 0 unspecified atom stereocenters. The zero-order chi connectivity index (χ0) is 24.0. The number of aromatic nitrogens is 3. The minimum absolute atomic E-state index is 0.395. The van der Waals surface area contributed by atoms with Crippen LogP contribution in [0.25, 0.3) is 10.2 Å². The molecule has 5 rings (SSSR count). The summed E-state index contributed by atoms with van der Waals surface area (Å²) in [5, 5.41) is 11.5. The molecule has 0 bridgehead atoms. The van der Waals surface area contributed by atoms with Gasteiger partial charge in [-0.2, -0.15) is 0 Å². The maximum atomic E-state index is 13.4. The number of urea groups is 1. The van der Waals surface area contributed by atoms with Gasteiger partial charge in [-0.05, 0) is 60.6 Å². The van der Waals surface area contributed by atoms with E-state index in [1.165, 1.54) is 24.2 Å². The van der Waals surface area contributed by atoms with Crippen molar-refractivity contribution in [2.75, 3.05) is 35.6 Å². The fourth-order valence-corrected chi connectivity index (χ4v) is 5.78. The van der Waals surface area contributed by atoms with Gasteiger partial charge < -0.3 is 10.6 Å². The lowest BCUT2D eigenvalue weighted by Crippen LogP contribution is -2.21. The molecule has 3 aromatic heterocycles. The molecule has 8 nitrogen and oxygen atoms in total. The van der Waals surface area contributed by atoms with E-state index in [1.54, 1.807) is 29.9 Å². The van der Waals surface area contributed by atoms with E-state index in [4.69, 9.17) is 0 Å². The summed E-state index contributed by atoms with van der Waals surface area (Å²) in [6.45, 7) is 3.00. The van der Waals surface area contributed by atoms with Crippen LogP contribution in [0.15, 0.2) is 42.2 Å². The maximum absolute atomic E-state index is 13.4. The number of nitrogens with one attached hydrogen (secondary N) is 3. The molecule has 1 aromatic carbocycles. The number of alkyl halides is 1. The van der Waals surface area contributed by atoms with E-state index in [1.807, 2.05) is 23.6 Å². The van der Waals surface area contributed by atoms with Gasteiger partial charge in [0, 0.05) is 36.3 Å². The van der Waals surface area contributed by atoms with Crippen LogP contribution in [0.1, 0.15) is 28.8 Å². The van der Waals surface area contributed by atoms with Crippen molar-refractivity contribution in [2.24, 2.45) is 0 Å². The van der Waals surface area contributed by atoms with Crippen LogP contribution in [0.4, 0.5) is 25.8 Å². The molecule has 1 aliphatic heterocycles. The fraction of sp³-hybridized carbons (Fsp3) is 0.333. The number of benzene rings is 1. The first-order valence-corrected chi connectivity index (χ1v) is 13.2. The summed E-state index contributed by atoms with van der Waals surface area (Å²) in [7, 11) is 0. The monoisotopic (exact) mass is 511 g/mol. The maximum Gasteiger partial charge on any atom is 0.325 e. The first kappa shape index (κ1) is 23.6. The molecule has 1 aliphatic rings. The third-order valence-electron chi connectivity index (χ3n) is 5.75. The standard InChI is InChI=1S/C24H26FN7OS2/c25-12-16-9-17(14-32-6-1-2-7-32)11-18(10-16)30-23(33)31-24-27-13-19(35-24)3-5-26-22-21-20(4-8-34-21)28-15-29-22/h4,8-11,13,15H,1-3,5-7,12,14H2,(H,26,28,29)(H2,27,30,31,33). The fourth-order valence-electron chi connectivity index (χ4n) is 4.16. The Morgan fingerprint density at radius 3 is 2.80 bits per heavy atom. The Balaban J connectivity index is 1.14. The minimum atomic E-state index is -0.568. The summed E-state index contributed by atoms with van der Waals surface area (Å²) in [5.74, 6) is 0.826. The number of halogens is 1. The summed E-state index contributed by atoms with van der Waals surface area (Å²) < 4.78 is 14.4. The highest BCUT2D eigenvalue weighted by Crippen LogP contribution is 2.25. The largest absolute Gasteiger partial charge is 0.368 e. The SMILES string of the molecule is O=C(Nc1cc(CF)cc(CN2CCCC2)c1)Nc1ncc(CCNc2ncnc3ccsc23)s1. The third kappa shape index (κ3) is 6.11. The quantitative estimate of drug-likeness (QED) is 0.274. The normalized spacial score (nSPS) is 13.9. The highest BCUT2D eigenvalue weighted by molar-refractivity contribution is 7.17. The number of hydrogen-bond acceptors (Lipinski definition) is 8. The first-order chi connectivity index (χ1) is 17.2. The Bertz CT molecular complexity index is 1300. The van der Waals surface area contributed by atoms with Crippen LogP contribution >= 0.6 is 22.7 Å². The van der Waals surface area contributed by atoms with Gasteiger partial charge in [0.2, 0.25) is 0 Å². The summed E-state index contributed by atoms with van der Waals surface area (Å²) >= 11 is 3.03. The second kappa shape index (κ2) is 11.1. The van der Waals surface area contributed by atoms with Crippen molar-refractivity contribution in [1.82, 2.24) is 19.9 Å². The van der Waals surface area contributed by atoms with Gasteiger partial charge >= 0.3 is 6.03 Å². The number of carbonyl (C=O) groups excluding carboxylic acids is 1. The number of rotatable bonds is 9. The van der Waals surface area contributed by atoms with Crippen molar-refractivity contribution in [3.8, 4) is 0 Å². The smallest absolute Gasteiger partial charge is 0.325 e. The van der Waals surface area contributed by atoms with Crippen molar-refractivity contribution < 1.29 is 9.18 Å².